The van der Waals surface area contributed by atoms with Gasteiger partial charge in [0.1, 0.15) is 5.25 Å². The molecule has 0 aliphatic carbocycles. The normalized spacial score (nSPS) is 15.6. The molecular weight excluding hydrogens is 354 g/mol. The molecule has 128 valence electrons. The molecule has 0 bridgehead atoms. The number of hydrogen-bond acceptors (Lipinski definition) is 3. The maximum absolute atomic E-state index is 13.1. The zero-order valence-electron chi connectivity index (χ0n) is 13.6. The summed E-state index contributed by atoms with van der Waals surface area (Å²) in [6.45, 7) is 1.69. The lowest BCUT2D eigenvalue weighted by atomic mass is 10.1. The number of carbonyl (C=O) groups is 1. The van der Waals surface area contributed by atoms with Crippen molar-refractivity contribution in [3.63, 3.8) is 0 Å². The van der Waals surface area contributed by atoms with Crippen LogP contribution in [0.25, 0.3) is 11.0 Å². The van der Waals surface area contributed by atoms with E-state index in [9.17, 15) is 4.79 Å². The van der Waals surface area contributed by atoms with E-state index in [0.717, 1.165) is 47.7 Å². The van der Waals surface area contributed by atoms with Crippen molar-refractivity contribution in [3.05, 3.63) is 59.1 Å². The van der Waals surface area contributed by atoms with E-state index in [1.54, 1.807) is 0 Å². The Hall–Kier alpha value is -1.98. The summed E-state index contributed by atoms with van der Waals surface area (Å²) >= 11 is 7.52. The first-order valence-electron chi connectivity index (χ1n) is 8.36. The van der Waals surface area contributed by atoms with Crippen LogP contribution in [0, 0.1) is 0 Å². The topological polar surface area (TPSA) is 49.0 Å². The number of aromatic amines is 1. The van der Waals surface area contributed by atoms with Gasteiger partial charge in [0, 0.05) is 18.1 Å². The highest BCUT2D eigenvalue weighted by molar-refractivity contribution is 8.00. The number of nitrogens with zero attached hydrogens (tertiary/aromatic N) is 2. The highest BCUT2D eigenvalue weighted by Gasteiger charge is 2.29. The van der Waals surface area contributed by atoms with Crippen LogP contribution in [0.3, 0.4) is 0 Å². The van der Waals surface area contributed by atoms with Crippen LogP contribution in [0.1, 0.15) is 23.7 Å². The SMILES string of the molecule is O=C(C(Sc1nc2ccc(Cl)cc2[nH]1)c1ccccc1)N1CCCC1. The fraction of sp³-hybridized carbons (Fsp3) is 0.263. The number of fused-ring (bicyclic) bond motifs is 1. The monoisotopic (exact) mass is 371 g/mol. The minimum Gasteiger partial charge on any atom is -0.341 e. The number of halogens is 1. The Morgan fingerprint density at radius 1 is 1.16 bits per heavy atom. The van der Waals surface area contributed by atoms with Crippen molar-refractivity contribution < 1.29 is 4.79 Å². The van der Waals surface area contributed by atoms with Crippen molar-refractivity contribution in [1.82, 2.24) is 14.9 Å². The average Bonchev–Trinajstić information content (AvgIpc) is 3.29. The zero-order valence-corrected chi connectivity index (χ0v) is 15.2. The second-order valence-electron chi connectivity index (χ2n) is 6.14. The Kier molecular flexibility index (Phi) is 4.68. The van der Waals surface area contributed by atoms with Crippen LogP contribution >= 0.6 is 23.4 Å². The molecule has 1 aliphatic rings. The van der Waals surface area contributed by atoms with E-state index in [1.807, 2.05) is 53.4 Å². The van der Waals surface area contributed by atoms with E-state index in [2.05, 4.69) is 9.97 Å². The Morgan fingerprint density at radius 2 is 1.92 bits per heavy atom. The molecule has 2 aromatic carbocycles. The summed E-state index contributed by atoms with van der Waals surface area (Å²) < 4.78 is 0. The van der Waals surface area contributed by atoms with Crippen LogP contribution < -0.4 is 0 Å². The minimum atomic E-state index is -0.296. The van der Waals surface area contributed by atoms with Gasteiger partial charge in [-0.3, -0.25) is 4.79 Å². The molecule has 1 amide bonds. The Bertz CT molecular complexity index is 890. The molecule has 6 heteroatoms. The number of likely N-dealkylation sites (tertiary alicyclic amines) is 1. The van der Waals surface area contributed by atoms with E-state index in [-0.39, 0.29) is 11.2 Å². The Labute approximate surface area is 155 Å². The van der Waals surface area contributed by atoms with Crippen LogP contribution in [0.15, 0.2) is 53.7 Å². The molecule has 1 atom stereocenters. The van der Waals surface area contributed by atoms with Crippen LogP contribution in [-0.2, 0) is 4.79 Å². The van der Waals surface area contributed by atoms with E-state index < -0.39 is 0 Å². The maximum Gasteiger partial charge on any atom is 0.240 e. The first-order valence-corrected chi connectivity index (χ1v) is 9.62. The lowest BCUT2D eigenvalue weighted by molar-refractivity contribution is -0.129. The molecule has 0 saturated carbocycles. The molecule has 3 aromatic rings. The number of aromatic nitrogens is 2. The summed E-state index contributed by atoms with van der Waals surface area (Å²) in [7, 11) is 0. The molecular formula is C19H18ClN3OS. The highest BCUT2D eigenvalue weighted by atomic mass is 35.5. The van der Waals surface area contributed by atoms with Crippen LogP contribution in [-0.4, -0.2) is 33.9 Å². The summed E-state index contributed by atoms with van der Waals surface area (Å²) in [5.74, 6) is 0.159. The third kappa shape index (κ3) is 3.53. The predicted molar refractivity (Wildman–Crippen MR) is 102 cm³/mol. The van der Waals surface area contributed by atoms with Crippen molar-refractivity contribution >= 4 is 40.3 Å². The van der Waals surface area contributed by atoms with Crippen molar-refractivity contribution in [2.75, 3.05) is 13.1 Å². The maximum atomic E-state index is 13.1. The van der Waals surface area contributed by atoms with Gasteiger partial charge in [-0.05, 0) is 36.6 Å². The van der Waals surface area contributed by atoms with Gasteiger partial charge in [0.15, 0.2) is 5.16 Å². The van der Waals surface area contributed by atoms with Gasteiger partial charge in [-0.1, -0.05) is 53.7 Å². The number of nitrogens with one attached hydrogen (secondary N) is 1. The standard InChI is InChI=1S/C19H18ClN3OS/c20-14-8-9-15-16(12-14)22-19(21-15)25-17(13-6-2-1-3-7-13)18(24)23-10-4-5-11-23/h1-3,6-9,12,17H,4-5,10-11H2,(H,21,22). The van der Waals surface area contributed by atoms with Crippen LogP contribution in [0.2, 0.25) is 5.02 Å². The van der Waals surface area contributed by atoms with Gasteiger partial charge in [0.2, 0.25) is 5.91 Å². The quantitative estimate of drug-likeness (QED) is 0.678. The number of amides is 1. The van der Waals surface area contributed by atoms with Gasteiger partial charge in [0.25, 0.3) is 0 Å². The third-order valence-corrected chi connectivity index (χ3v) is 5.76. The second-order valence-corrected chi connectivity index (χ2v) is 7.67. The number of carbonyl (C=O) groups excluding carboxylic acids is 1. The molecule has 0 radical (unpaired) electrons. The lowest BCUT2D eigenvalue weighted by Crippen LogP contribution is -2.31. The highest BCUT2D eigenvalue weighted by Crippen LogP contribution is 2.37. The molecule has 0 spiro atoms. The van der Waals surface area contributed by atoms with Gasteiger partial charge < -0.3 is 9.88 Å². The molecule has 1 fully saturated rings. The molecule has 4 nitrogen and oxygen atoms in total. The molecule has 1 aromatic heterocycles. The van der Waals surface area contributed by atoms with E-state index in [0.29, 0.717) is 5.02 Å². The van der Waals surface area contributed by atoms with Crippen LogP contribution in [0.4, 0.5) is 0 Å². The van der Waals surface area contributed by atoms with Gasteiger partial charge in [-0.25, -0.2) is 4.98 Å². The van der Waals surface area contributed by atoms with Gasteiger partial charge >= 0.3 is 0 Å². The van der Waals surface area contributed by atoms with E-state index in [4.69, 9.17) is 11.6 Å². The van der Waals surface area contributed by atoms with E-state index in [1.165, 1.54) is 11.8 Å². The number of thioether (sulfide) groups is 1. The number of imidazole rings is 1. The molecule has 1 saturated heterocycles. The smallest absolute Gasteiger partial charge is 0.240 e. The number of benzene rings is 2. The van der Waals surface area contributed by atoms with Crippen molar-refractivity contribution in [2.45, 2.75) is 23.2 Å². The number of hydrogen-bond donors (Lipinski definition) is 1. The predicted octanol–water partition coefficient (Wildman–Crippen LogP) is 4.67. The Balaban J connectivity index is 1.66. The third-order valence-electron chi connectivity index (χ3n) is 4.40. The molecule has 4 rings (SSSR count). The minimum absolute atomic E-state index is 0.159. The van der Waals surface area contributed by atoms with Crippen molar-refractivity contribution in [1.29, 1.82) is 0 Å². The molecule has 2 heterocycles. The first kappa shape index (κ1) is 16.5. The van der Waals surface area contributed by atoms with Gasteiger partial charge in [-0.15, -0.1) is 0 Å². The summed E-state index contributed by atoms with van der Waals surface area (Å²) in [6, 6.07) is 15.5. The van der Waals surface area contributed by atoms with Crippen molar-refractivity contribution in [3.8, 4) is 0 Å². The zero-order chi connectivity index (χ0) is 17.2. The lowest BCUT2D eigenvalue weighted by Gasteiger charge is -2.22. The van der Waals surface area contributed by atoms with Crippen molar-refractivity contribution in [2.24, 2.45) is 0 Å². The number of H-pyrrole nitrogens is 1. The van der Waals surface area contributed by atoms with E-state index >= 15 is 0 Å². The fourth-order valence-electron chi connectivity index (χ4n) is 3.12. The molecule has 1 aliphatic heterocycles. The average molecular weight is 372 g/mol. The molecule has 1 N–H and O–H groups in total. The molecule has 25 heavy (non-hydrogen) atoms. The summed E-state index contributed by atoms with van der Waals surface area (Å²) in [5.41, 5.74) is 2.74. The van der Waals surface area contributed by atoms with Gasteiger partial charge in [-0.2, -0.15) is 0 Å². The largest absolute Gasteiger partial charge is 0.341 e. The summed E-state index contributed by atoms with van der Waals surface area (Å²) in [6.07, 6.45) is 2.17. The second kappa shape index (κ2) is 7.10. The first-order chi connectivity index (χ1) is 12.2. The Morgan fingerprint density at radius 3 is 2.68 bits per heavy atom. The fourth-order valence-corrected chi connectivity index (χ4v) is 4.38. The number of rotatable bonds is 4. The summed E-state index contributed by atoms with van der Waals surface area (Å²) in [5, 5.41) is 1.11. The van der Waals surface area contributed by atoms with Gasteiger partial charge in [0.05, 0.1) is 11.0 Å². The molecule has 1 unspecified atom stereocenters. The summed E-state index contributed by atoms with van der Waals surface area (Å²) in [4.78, 5) is 22.9. The van der Waals surface area contributed by atoms with Crippen LogP contribution in [0.5, 0.6) is 0 Å².